The molecule has 0 radical (unpaired) electrons. The summed E-state index contributed by atoms with van der Waals surface area (Å²) >= 11 is 0. The van der Waals surface area contributed by atoms with Gasteiger partial charge in [0, 0.05) is 6.21 Å². The fourth-order valence-electron chi connectivity index (χ4n) is 5.10. The summed E-state index contributed by atoms with van der Waals surface area (Å²) in [5.41, 5.74) is 0.811. The second kappa shape index (κ2) is 10.9. The number of ether oxygens (including phenoxy) is 1. The van der Waals surface area contributed by atoms with Crippen LogP contribution in [0.4, 0.5) is 0 Å². The predicted octanol–water partition coefficient (Wildman–Crippen LogP) is 5.50. The lowest BCUT2D eigenvalue weighted by molar-refractivity contribution is 0.210. The van der Waals surface area contributed by atoms with Crippen molar-refractivity contribution in [3.8, 4) is 5.75 Å². The summed E-state index contributed by atoms with van der Waals surface area (Å²) < 4.78 is 11.8. The molecule has 4 rings (SSSR count). The van der Waals surface area contributed by atoms with Crippen LogP contribution in [0.5, 0.6) is 5.75 Å². The minimum atomic E-state index is -0.170. The van der Waals surface area contributed by atoms with Gasteiger partial charge >= 0.3 is 0 Å². The Morgan fingerprint density at radius 2 is 1.77 bits per heavy atom. The summed E-state index contributed by atoms with van der Waals surface area (Å²) in [6, 6.07) is 5.34. The lowest BCUT2D eigenvalue weighted by Gasteiger charge is -2.23. The standard InChI is InChI=1S/C26H35NO4/c28-16-22(14-19-8-3-1-4-9-19)27-15-21-18-31-24-13-7-12-23(25(24)26(21)29)30-17-20-10-5-2-6-11-20/h7,12-13,15,18-20,22,28H,1-6,8-11,14,16-17H2. The van der Waals surface area contributed by atoms with Crippen LogP contribution in [-0.2, 0) is 0 Å². The van der Waals surface area contributed by atoms with E-state index in [0.717, 1.165) is 6.42 Å². The lowest BCUT2D eigenvalue weighted by Crippen LogP contribution is -2.19. The largest absolute Gasteiger partial charge is 0.492 e. The Kier molecular flexibility index (Phi) is 7.79. The van der Waals surface area contributed by atoms with Gasteiger partial charge in [-0.05, 0) is 43.2 Å². The summed E-state index contributed by atoms with van der Waals surface area (Å²) in [6.07, 6.45) is 16.4. The maximum Gasteiger partial charge on any atom is 0.205 e. The molecule has 0 bridgehead atoms. The van der Waals surface area contributed by atoms with Crippen LogP contribution in [0.1, 0.15) is 76.2 Å². The zero-order chi connectivity index (χ0) is 21.5. The number of fused-ring (bicyclic) bond motifs is 1. The molecule has 2 fully saturated rings. The quantitative estimate of drug-likeness (QED) is 0.567. The maximum absolute atomic E-state index is 13.2. The molecule has 168 valence electrons. The monoisotopic (exact) mass is 425 g/mol. The van der Waals surface area contributed by atoms with Crippen molar-refractivity contribution in [2.75, 3.05) is 13.2 Å². The molecule has 0 saturated heterocycles. The molecule has 0 amide bonds. The van der Waals surface area contributed by atoms with Crippen LogP contribution in [0, 0.1) is 11.8 Å². The van der Waals surface area contributed by atoms with E-state index in [-0.39, 0.29) is 18.1 Å². The van der Waals surface area contributed by atoms with Gasteiger partial charge in [0.05, 0.1) is 24.8 Å². The molecule has 5 heteroatoms. The zero-order valence-corrected chi connectivity index (χ0v) is 18.4. The molecule has 1 N–H and O–H groups in total. The number of aliphatic hydroxyl groups is 1. The zero-order valence-electron chi connectivity index (χ0n) is 18.4. The summed E-state index contributed by atoms with van der Waals surface area (Å²) in [6.45, 7) is 0.645. The van der Waals surface area contributed by atoms with Gasteiger partial charge in [-0.2, -0.15) is 0 Å². The van der Waals surface area contributed by atoms with E-state index in [1.165, 1.54) is 70.5 Å². The molecule has 1 atom stereocenters. The van der Waals surface area contributed by atoms with E-state index in [4.69, 9.17) is 9.15 Å². The van der Waals surface area contributed by atoms with E-state index in [1.54, 1.807) is 12.3 Å². The average molecular weight is 426 g/mol. The van der Waals surface area contributed by atoms with Crippen LogP contribution in [0.15, 0.2) is 38.7 Å². The van der Waals surface area contributed by atoms with Gasteiger partial charge in [0.25, 0.3) is 0 Å². The maximum atomic E-state index is 13.2. The van der Waals surface area contributed by atoms with Crippen molar-refractivity contribution in [2.45, 2.75) is 76.7 Å². The van der Waals surface area contributed by atoms with E-state index in [0.29, 0.717) is 40.7 Å². The summed E-state index contributed by atoms with van der Waals surface area (Å²) in [7, 11) is 0. The highest BCUT2D eigenvalue weighted by molar-refractivity contribution is 5.89. The van der Waals surface area contributed by atoms with Gasteiger partial charge in [-0.25, -0.2) is 0 Å². The van der Waals surface area contributed by atoms with Gasteiger partial charge in [-0.3, -0.25) is 9.79 Å². The van der Waals surface area contributed by atoms with Gasteiger partial charge in [0.2, 0.25) is 5.43 Å². The van der Waals surface area contributed by atoms with Crippen LogP contribution in [0.2, 0.25) is 0 Å². The van der Waals surface area contributed by atoms with E-state index < -0.39 is 0 Å². The molecule has 1 heterocycles. The van der Waals surface area contributed by atoms with Crippen molar-refractivity contribution >= 4 is 17.2 Å². The fourth-order valence-corrected chi connectivity index (χ4v) is 5.10. The Morgan fingerprint density at radius 3 is 2.48 bits per heavy atom. The Hall–Kier alpha value is -2.14. The minimum Gasteiger partial charge on any atom is -0.492 e. The summed E-state index contributed by atoms with van der Waals surface area (Å²) in [5, 5.41) is 10.3. The molecule has 31 heavy (non-hydrogen) atoms. The number of nitrogens with zero attached hydrogens (tertiary/aromatic N) is 1. The van der Waals surface area contributed by atoms with E-state index in [9.17, 15) is 9.90 Å². The van der Waals surface area contributed by atoms with E-state index in [1.807, 2.05) is 12.1 Å². The molecule has 0 spiro atoms. The molecule has 2 aromatic rings. The smallest absolute Gasteiger partial charge is 0.205 e. The first-order chi connectivity index (χ1) is 15.2. The second-order valence-corrected chi connectivity index (χ2v) is 9.32. The van der Waals surface area contributed by atoms with Crippen molar-refractivity contribution < 1.29 is 14.3 Å². The third kappa shape index (κ3) is 5.76. The highest BCUT2D eigenvalue weighted by atomic mass is 16.5. The summed E-state index contributed by atoms with van der Waals surface area (Å²) in [4.78, 5) is 17.7. The molecule has 1 unspecified atom stereocenters. The molecule has 1 aromatic heterocycles. The van der Waals surface area contributed by atoms with Crippen LogP contribution < -0.4 is 10.2 Å². The van der Waals surface area contributed by atoms with Crippen LogP contribution in [-0.4, -0.2) is 30.6 Å². The Morgan fingerprint density at radius 1 is 1.06 bits per heavy atom. The normalized spacial score (nSPS) is 19.8. The van der Waals surface area contributed by atoms with Gasteiger partial charge < -0.3 is 14.3 Å². The number of aliphatic hydroxyl groups excluding tert-OH is 1. The van der Waals surface area contributed by atoms with E-state index in [2.05, 4.69) is 4.99 Å². The minimum absolute atomic E-state index is 0.00165. The third-order valence-corrected chi connectivity index (χ3v) is 6.95. The Labute approximate surface area is 184 Å². The third-order valence-electron chi connectivity index (χ3n) is 6.95. The van der Waals surface area contributed by atoms with Gasteiger partial charge in [-0.15, -0.1) is 0 Å². The van der Waals surface area contributed by atoms with Crippen molar-refractivity contribution in [1.29, 1.82) is 0 Å². The van der Waals surface area contributed by atoms with Gasteiger partial charge in [-0.1, -0.05) is 57.4 Å². The lowest BCUT2D eigenvalue weighted by atomic mass is 9.85. The van der Waals surface area contributed by atoms with Crippen molar-refractivity contribution in [3.05, 3.63) is 40.2 Å². The highest BCUT2D eigenvalue weighted by Crippen LogP contribution is 2.29. The first kappa shape index (κ1) is 22.1. The van der Waals surface area contributed by atoms with Crippen LogP contribution in [0.3, 0.4) is 0 Å². The molecule has 1 aromatic carbocycles. The highest BCUT2D eigenvalue weighted by Gasteiger charge is 2.19. The predicted molar refractivity (Wildman–Crippen MR) is 124 cm³/mol. The first-order valence-corrected chi connectivity index (χ1v) is 12.1. The number of hydrogen-bond donors (Lipinski definition) is 1. The van der Waals surface area contributed by atoms with Crippen molar-refractivity contribution in [1.82, 2.24) is 0 Å². The summed E-state index contributed by atoms with van der Waals surface area (Å²) in [5.74, 6) is 1.77. The van der Waals surface area contributed by atoms with Crippen molar-refractivity contribution in [3.63, 3.8) is 0 Å². The van der Waals surface area contributed by atoms with Gasteiger partial charge in [0.15, 0.2) is 0 Å². The Bertz CT molecular complexity index is 923. The van der Waals surface area contributed by atoms with Crippen LogP contribution >= 0.6 is 0 Å². The molecule has 2 saturated carbocycles. The topological polar surface area (TPSA) is 72.0 Å². The van der Waals surface area contributed by atoms with Crippen molar-refractivity contribution in [2.24, 2.45) is 16.8 Å². The molecule has 5 nitrogen and oxygen atoms in total. The average Bonchev–Trinajstić information content (AvgIpc) is 2.82. The Balaban J connectivity index is 1.50. The number of benzene rings is 1. The first-order valence-electron chi connectivity index (χ1n) is 12.1. The number of rotatable bonds is 8. The molecule has 2 aliphatic rings. The number of aliphatic imine (C=N–C) groups is 1. The fraction of sp³-hybridized carbons (Fsp3) is 0.615. The van der Waals surface area contributed by atoms with Gasteiger partial charge in [0.1, 0.15) is 23.0 Å². The van der Waals surface area contributed by atoms with Crippen LogP contribution in [0.25, 0.3) is 11.0 Å². The van der Waals surface area contributed by atoms with E-state index >= 15 is 0 Å². The second-order valence-electron chi connectivity index (χ2n) is 9.32. The number of hydrogen-bond acceptors (Lipinski definition) is 5. The molecular weight excluding hydrogens is 390 g/mol. The molecule has 2 aliphatic carbocycles. The molecule has 0 aliphatic heterocycles. The molecular formula is C26H35NO4. The SMILES string of the molecule is O=c1c(C=NC(CO)CC2CCCCC2)coc2cccc(OCC3CCCCC3)c12.